The summed E-state index contributed by atoms with van der Waals surface area (Å²) in [5.74, 6) is -0.786. The van der Waals surface area contributed by atoms with E-state index in [2.05, 4.69) is 5.32 Å². The van der Waals surface area contributed by atoms with Gasteiger partial charge in [0.25, 0.3) is 5.91 Å². The first-order valence-corrected chi connectivity index (χ1v) is 12.4. The molecule has 0 saturated heterocycles. The molecule has 206 valence electrons. The average Bonchev–Trinajstić information content (AvgIpc) is 2.95. The van der Waals surface area contributed by atoms with Gasteiger partial charge in [0.1, 0.15) is 19.3 Å². The molecule has 0 aliphatic rings. The number of primary amides is 1. The maximum atomic E-state index is 13.1. The van der Waals surface area contributed by atoms with Crippen LogP contribution in [0, 0.1) is 0 Å². The molecule has 0 saturated carbocycles. The van der Waals surface area contributed by atoms with Crippen molar-refractivity contribution >= 4 is 11.8 Å². The molecule has 0 bridgehead atoms. The van der Waals surface area contributed by atoms with E-state index in [0.29, 0.717) is 23.7 Å². The predicted molar refractivity (Wildman–Crippen MR) is 144 cm³/mol. The number of alkyl halides is 3. The minimum Gasteiger partial charge on any atom is -0.485 e. The Labute approximate surface area is 229 Å². The second-order valence-electron chi connectivity index (χ2n) is 9.04. The number of amides is 2. The zero-order valence-electron chi connectivity index (χ0n) is 21.4. The minimum atomic E-state index is -4.61. The molecule has 0 aliphatic heterocycles. The van der Waals surface area contributed by atoms with Crippen LogP contribution in [0.25, 0.3) is 0 Å². The van der Waals surface area contributed by atoms with Gasteiger partial charge in [0.05, 0.1) is 5.56 Å². The molecular formula is C31H27F3N2O4. The summed E-state index contributed by atoms with van der Waals surface area (Å²) in [6.45, 7) is 0.566. The van der Waals surface area contributed by atoms with Gasteiger partial charge in [0, 0.05) is 12.0 Å². The van der Waals surface area contributed by atoms with E-state index in [1.54, 1.807) is 18.2 Å². The van der Waals surface area contributed by atoms with Crippen molar-refractivity contribution in [2.24, 2.45) is 5.73 Å². The van der Waals surface area contributed by atoms with E-state index in [1.807, 2.05) is 60.7 Å². The summed E-state index contributed by atoms with van der Waals surface area (Å²) >= 11 is 0. The molecule has 0 radical (unpaired) electrons. The summed E-state index contributed by atoms with van der Waals surface area (Å²) in [7, 11) is 0. The normalized spacial score (nSPS) is 11.9. The highest BCUT2D eigenvalue weighted by atomic mass is 19.4. The molecule has 6 nitrogen and oxygen atoms in total. The number of carbonyl (C=O) groups is 2. The molecule has 3 N–H and O–H groups in total. The van der Waals surface area contributed by atoms with Gasteiger partial charge >= 0.3 is 6.18 Å². The smallest absolute Gasteiger partial charge is 0.416 e. The predicted octanol–water partition coefficient (Wildman–Crippen LogP) is 5.69. The van der Waals surface area contributed by atoms with Crippen LogP contribution in [-0.4, -0.2) is 17.9 Å². The lowest BCUT2D eigenvalue weighted by Crippen LogP contribution is -2.45. The first kappa shape index (κ1) is 28.2. The highest BCUT2D eigenvalue weighted by molar-refractivity contribution is 5.97. The number of ether oxygens (including phenoxy) is 2. The molecule has 4 aromatic carbocycles. The molecule has 1 atom stereocenters. The molecule has 0 unspecified atom stereocenters. The summed E-state index contributed by atoms with van der Waals surface area (Å²) < 4.78 is 51.3. The Hall–Kier alpha value is -4.79. The van der Waals surface area contributed by atoms with Gasteiger partial charge in [-0.2, -0.15) is 13.2 Å². The third-order valence-electron chi connectivity index (χ3n) is 6.02. The maximum absolute atomic E-state index is 13.1. The lowest BCUT2D eigenvalue weighted by molar-refractivity contribution is -0.137. The first-order chi connectivity index (χ1) is 19.2. The minimum absolute atomic E-state index is 0.0132. The van der Waals surface area contributed by atoms with Gasteiger partial charge < -0.3 is 20.5 Å². The number of carbonyl (C=O) groups excluding carboxylic acids is 2. The molecule has 0 heterocycles. The molecule has 0 aliphatic carbocycles. The first-order valence-electron chi connectivity index (χ1n) is 12.4. The fourth-order valence-electron chi connectivity index (χ4n) is 3.92. The van der Waals surface area contributed by atoms with Gasteiger partial charge in [0.2, 0.25) is 5.91 Å². The third-order valence-corrected chi connectivity index (χ3v) is 6.02. The molecule has 0 spiro atoms. The van der Waals surface area contributed by atoms with E-state index in [0.717, 1.165) is 29.3 Å². The van der Waals surface area contributed by atoms with Gasteiger partial charge in [-0.15, -0.1) is 0 Å². The highest BCUT2D eigenvalue weighted by Crippen LogP contribution is 2.31. The molecule has 2 amide bonds. The Balaban J connectivity index is 1.52. The van der Waals surface area contributed by atoms with Crippen molar-refractivity contribution < 1.29 is 32.2 Å². The van der Waals surface area contributed by atoms with E-state index in [9.17, 15) is 22.8 Å². The fourth-order valence-corrected chi connectivity index (χ4v) is 3.92. The second kappa shape index (κ2) is 12.8. The molecule has 0 aromatic heterocycles. The zero-order chi connectivity index (χ0) is 28.5. The van der Waals surface area contributed by atoms with E-state index < -0.39 is 29.6 Å². The molecule has 40 heavy (non-hydrogen) atoms. The number of benzene rings is 4. The number of halogens is 3. The van der Waals surface area contributed by atoms with Crippen molar-refractivity contribution in [3.05, 3.63) is 131 Å². The molecule has 4 aromatic rings. The number of rotatable bonds is 11. The van der Waals surface area contributed by atoms with Crippen LogP contribution in [0.3, 0.4) is 0 Å². The summed E-state index contributed by atoms with van der Waals surface area (Å²) in [6, 6.07) is 27.0. The van der Waals surface area contributed by atoms with Crippen molar-refractivity contribution in [2.75, 3.05) is 0 Å². The monoisotopic (exact) mass is 548 g/mol. The van der Waals surface area contributed by atoms with Gasteiger partial charge in [-0.05, 0) is 47.0 Å². The number of hydrogen-bond donors (Lipinski definition) is 2. The van der Waals surface area contributed by atoms with Crippen molar-refractivity contribution in [1.82, 2.24) is 5.32 Å². The van der Waals surface area contributed by atoms with E-state index in [4.69, 9.17) is 15.2 Å². The quantitative estimate of drug-likeness (QED) is 0.252. The van der Waals surface area contributed by atoms with E-state index >= 15 is 0 Å². The standard InChI is InChI=1S/C31H27F3N2O4/c32-31(33,34)25-13-7-12-24(18-25)30(38)36-26(29(35)37)16-23-14-15-27(39-19-21-8-3-1-4-9-21)28(17-23)40-20-22-10-5-2-6-11-22/h1-15,17-18,26H,16,19-20H2,(H2,35,37)(H,36,38)/t26-/m0/s1. The van der Waals surface area contributed by atoms with Crippen LogP contribution >= 0.6 is 0 Å². The lowest BCUT2D eigenvalue weighted by Gasteiger charge is -2.18. The van der Waals surface area contributed by atoms with Gasteiger partial charge in [-0.25, -0.2) is 0 Å². The number of hydrogen-bond acceptors (Lipinski definition) is 4. The Morgan fingerprint density at radius 2 is 1.32 bits per heavy atom. The van der Waals surface area contributed by atoms with Crippen LogP contribution in [0.1, 0.15) is 32.6 Å². The zero-order valence-corrected chi connectivity index (χ0v) is 21.4. The van der Waals surface area contributed by atoms with E-state index in [-0.39, 0.29) is 18.6 Å². The summed E-state index contributed by atoms with van der Waals surface area (Å²) in [4.78, 5) is 24.9. The Morgan fingerprint density at radius 3 is 1.90 bits per heavy atom. The fraction of sp³-hybridized carbons (Fsp3) is 0.161. The number of nitrogens with one attached hydrogen (secondary N) is 1. The van der Waals surface area contributed by atoms with Crippen LogP contribution in [0.5, 0.6) is 11.5 Å². The van der Waals surface area contributed by atoms with Crippen LogP contribution < -0.4 is 20.5 Å². The van der Waals surface area contributed by atoms with Crippen LogP contribution in [0.4, 0.5) is 13.2 Å². The van der Waals surface area contributed by atoms with Crippen molar-refractivity contribution in [1.29, 1.82) is 0 Å². The van der Waals surface area contributed by atoms with Crippen LogP contribution in [-0.2, 0) is 30.6 Å². The second-order valence-corrected chi connectivity index (χ2v) is 9.04. The topological polar surface area (TPSA) is 90.7 Å². The van der Waals surface area contributed by atoms with Crippen LogP contribution in [0.2, 0.25) is 0 Å². The Bertz CT molecular complexity index is 1440. The summed E-state index contributed by atoms with van der Waals surface area (Å²) in [5, 5.41) is 2.45. The van der Waals surface area contributed by atoms with E-state index in [1.165, 1.54) is 6.07 Å². The molecule has 4 rings (SSSR count). The summed E-state index contributed by atoms with van der Waals surface area (Å²) in [6.07, 6.45) is -4.62. The van der Waals surface area contributed by atoms with Crippen molar-refractivity contribution in [3.8, 4) is 11.5 Å². The largest absolute Gasteiger partial charge is 0.485 e. The SMILES string of the molecule is NC(=O)[C@H](Cc1ccc(OCc2ccccc2)c(OCc2ccccc2)c1)NC(=O)c1cccc(C(F)(F)F)c1. The molecule has 9 heteroatoms. The maximum Gasteiger partial charge on any atom is 0.416 e. The summed E-state index contributed by atoms with van der Waals surface area (Å²) in [5.41, 5.74) is 6.83. The van der Waals surface area contributed by atoms with Gasteiger partial charge in [0.15, 0.2) is 11.5 Å². The third kappa shape index (κ3) is 7.86. The number of nitrogens with two attached hydrogens (primary N) is 1. The van der Waals surface area contributed by atoms with Gasteiger partial charge in [-0.3, -0.25) is 9.59 Å². The van der Waals surface area contributed by atoms with Crippen molar-refractivity contribution in [3.63, 3.8) is 0 Å². The average molecular weight is 549 g/mol. The molecular weight excluding hydrogens is 521 g/mol. The Kier molecular flexibility index (Phi) is 9.06. The van der Waals surface area contributed by atoms with Crippen molar-refractivity contribution in [2.45, 2.75) is 31.9 Å². The van der Waals surface area contributed by atoms with Gasteiger partial charge in [-0.1, -0.05) is 72.8 Å². The lowest BCUT2D eigenvalue weighted by atomic mass is 10.0. The Morgan fingerprint density at radius 1 is 0.725 bits per heavy atom. The van der Waals surface area contributed by atoms with Crippen LogP contribution in [0.15, 0.2) is 103 Å². The highest BCUT2D eigenvalue weighted by Gasteiger charge is 2.31. The molecule has 0 fully saturated rings.